The van der Waals surface area contributed by atoms with E-state index in [1.165, 1.54) is 7.11 Å². The van der Waals surface area contributed by atoms with Crippen LogP contribution in [-0.2, 0) is 20.7 Å². The SMILES string of the molecule is COC(=O)CNC(=O)[C@@H]1COc2cc(OC)ccc2C1. The van der Waals surface area contributed by atoms with Gasteiger partial charge in [-0.2, -0.15) is 0 Å². The summed E-state index contributed by atoms with van der Waals surface area (Å²) in [5, 5.41) is 2.54. The first-order valence-corrected chi connectivity index (χ1v) is 6.28. The molecule has 0 saturated heterocycles. The lowest BCUT2D eigenvalue weighted by Crippen LogP contribution is -2.39. The number of nitrogens with one attached hydrogen (secondary N) is 1. The van der Waals surface area contributed by atoms with Crippen molar-refractivity contribution >= 4 is 11.9 Å². The number of hydrogen-bond acceptors (Lipinski definition) is 5. The molecule has 1 atom stereocenters. The summed E-state index contributed by atoms with van der Waals surface area (Å²) in [6.07, 6.45) is 0.576. The fourth-order valence-electron chi connectivity index (χ4n) is 2.02. The molecule has 0 saturated carbocycles. The number of amides is 1. The number of esters is 1. The first-order valence-electron chi connectivity index (χ1n) is 6.28. The summed E-state index contributed by atoms with van der Waals surface area (Å²) in [7, 11) is 2.87. The van der Waals surface area contributed by atoms with E-state index < -0.39 is 5.97 Å². The summed E-state index contributed by atoms with van der Waals surface area (Å²) in [6.45, 7) is 0.161. The quantitative estimate of drug-likeness (QED) is 0.814. The molecule has 1 heterocycles. The Labute approximate surface area is 117 Å². The Morgan fingerprint density at radius 3 is 2.90 bits per heavy atom. The topological polar surface area (TPSA) is 73.9 Å². The van der Waals surface area contributed by atoms with Gasteiger partial charge < -0.3 is 19.5 Å². The van der Waals surface area contributed by atoms with Crippen molar-refractivity contribution in [2.75, 3.05) is 27.4 Å². The van der Waals surface area contributed by atoms with Gasteiger partial charge in [-0.05, 0) is 18.1 Å². The maximum atomic E-state index is 11.9. The van der Waals surface area contributed by atoms with Gasteiger partial charge >= 0.3 is 5.97 Å². The van der Waals surface area contributed by atoms with Crippen molar-refractivity contribution in [3.8, 4) is 11.5 Å². The summed E-state index contributed by atoms with van der Waals surface area (Å²) in [4.78, 5) is 22.9. The van der Waals surface area contributed by atoms with Crippen LogP contribution in [0.15, 0.2) is 18.2 Å². The molecule has 0 unspecified atom stereocenters. The van der Waals surface area contributed by atoms with Crippen LogP contribution in [0.25, 0.3) is 0 Å². The molecule has 20 heavy (non-hydrogen) atoms. The predicted octanol–water partition coefficient (Wildman–Crippen LogP) is 0.535. The molecule has 1 N–H and O–H groups in total. The molecular weight excluding hydrogens is 262 g/mol. The zero-order valence-electron chi connectivity index (χ0n) is 11.5. The minimum absolute atomic E-state index is 0.124. The van der Waals surface area contributed by atoms with E-state index in [1.54, 1.807) is 13.2 Å². The van der Waals surface area contributed by atoms with E-state index in [-0.39, 0.29) is 25.0 Å². The minimum Gasteiger partial charge on any atom is -0.497 e. The molecule has 2 rings (SSSR count). The van der Waals surface area contributed by atoms with Gasteiger partial charge in [-0.25, -0.2) is 0 Å². The number of ether oxygens (including phenoxy) is 3. The van der Waals surface area contributed by atoms with Crippen molar-refractivity contribution in [1.29, 1.82) is 0 Å². The number of hydrogen-bond donors (Lipinski definition) is 1. The van der Waals surface area contributed by atoms with Gasteiger partial charge in [0.15, 0.2) is 0 Å². The van der Waals surface area contributed by atoms with Gasteiger partial charge in [-0.1, -0.05) is 6.07 Å². The number of benzene rings is 1. The van der Waals surface area contributed by atoms with Crippen LogP contribution in [0.2, 0.25) is 0 Å². The van der Waals surface area contributed by atoms with Crippen molar-refractivity contribution in [1.82, 2.24) is 5.32 Å². The maximum absolute atomic E-state index is 11.9. The van der Waals surface area contributed by atoms with Crippen LogP contribution in [0.1, 0.15) is 5.56 Å². The number of carbonyl (C=O) groups excluding carboxylic acids is 2. The molecular formula is C14H17NO5. The van der Waals surface area contributed by atoms with Gasteiger partial charge in [-0.3, -0.25) is 9.59 Å². The van der Waals surface area contributed by atoms with Crippen molar-refractivity contribution in [2.45, 2.75) is 6.42 Å². The van der Waals surface area contributed by atoms with Crippen molar-refractivity contribution in [2.24, 2.45) is 5.92 Å². The van der Waals surface area contributed by atoms with Crippen LogP contribution >= 0.6 is 0 Å². The molecule has 0 aromatic heterocycles. The average Bonchev–Trinajstić information content (AvgIpc) is 2.50. The minimum atomic E-state index is -0.472. The molecule has 0 fully saturated rings. The number of methoxy groups -OCH3 is 2. The third-order valence-electron chi connectivity index (χ3n) is 3.19. The lowest BCUT2D eigenvalue weighted by molar-refractivity contribution is -0.141. The number of carbonyl (C=O) groups is 2. The lowest BCUT2D eigenvalue weighted by atomic mass is 9.96. The predicted molar refractivity (Wildman–Crippen MR) is 70.7 cm³/mol. The van der Waals surface area contributed by atoms with E-state index in [0.29, 0.717) is 6.42 Å². The second-order valence-electron chi connectivity index (χ2n) is 4.48. The third-order valence-corrected chi connectivity index (χ3v) is 3.19. The van der Waals surface area contributed by atoms with Crippen LogP contribution in [0.4, 0.5) is 0 Å². The van der Waals surface area contributed by atoms with E-state index in [9.17, 15) is 9.59 Å². The standard InChI is InChI=1S/C14H17NO5/c1-18-11-4-3-9-5-10(8-20-12(9)6-11)14(17)15-7-13(16)19-2/h3-4,6,10H,5,7-8H2,1-2H3,(H,15,17)/t10-/m0/s1. The highest BCUT2D eigenvalue weighted by Crippen LogP contribution is 2.30. The summed E-state index contributed by atoms with van der Waals surface area (Å²) in [5.74, 6) is 0.469. The first kappa shape index (κ1) is 14.2. The smallest absolute Gasteiger partial charge is 0.325 e. The molecule has 6 nitrogen and oxygen atoms in total. The highest BCUT2D eigenvalue weighted by molar-refractivity contribution is 5.84. The van der Waals surface area contributed by atoms with Crippen LogP contribution in [0.5, 0.6) is 11.5 Å². The summed E-state index contributed by atoms with van der Waals surface area (Å²) >= 11 is 0. The first-order chi connectivity index (χ1) is 9.63. The molecule has 0 spiro atoms. The Balaban J connectivity index is 1.97. The molecule has 1 aliphatic rings. The fraction of sp³-hybridized carbons (Fsp3) is 0.429. The Morgan fingerprint density at radius 1 is 1.40 bits per heavy atom. The third kappa shape index (κ3) is 3.20. The van der Waals surface area contributed by atoms with E-state index in [0.717, 1.165) is 17.1 Å². The van der Waals surface area contributed by atoms with Crippen LogP contribution < -0.4 is 14.8 Å². The van der Waals surface area contributed by atoms with Gasteiger partial charge in [0.25, 0.3) is 0 Å². The second-order valence-corrected chi connectivity index (χ2v) is 4.48. The second kappa shape index (κ2) is 6.27. The van der Waals surface area contributed by atoms with Gasteiger partial charge in [0.1, 0.15) is 24.7 Å². The Kier molecular flexibility index (Phi) is 4.45. The monoisotopic (exact) mass is 279 g/mol. The van der Waals surface area contributed by atoms with E-state index in [2.05, 4.69) is 10.1 Å². The Bertz CT molecular complexity index is 514. The average molecular weight is 279 g/mol. The maximum Gasteiger partial charge on any atom is 0.325 e. The van der Waals surface area contributed by atoms with E-state index in [1.807, 2.05) is 12.1 Å². The molecule has 1 amide bonds. The summed E-state index contributed by atoms with van der Waals surface area (Å²) < 4.78 is 15.2. The molecule has 1 aromatic carbocycles. The van der Waals surface area contributed by atoms with Gasteiger partial charge in [0.05, 0.1) is 20.1 Å². The number of rotatable bonds is 4. The molecule has 108 valence electrons. The van der Waals surface area contributed by atoms with Gasteiger partial charge in [-0.15, -0.1) is 0 Å². The normalized spacial score (nSPS) is 16.6. The Hall–Kier alpha value is -2.24. The number of fused-ring (bicyclic) bond motifs is 1. The van der Waals surface area contributed by atoms with Crippen molar-refractivity contribution in [3.05, 3.63) is 23.8 Å². The highest BCUT2D eigenvalue weighted by atomic mass is 16.5. The van der Waals surface area contributed by atoms with Crippen LogP contribution in [-0.4, -0.2) is 39.2 Å². The Morgan fingerprint density at radius 2 is 2.20 bits per heavy atom. The lowest BCUT2D eigenvalue weighted by Gasteiger charge is -2.24. The molecule has 6 heteroatoms. The zero-order valence-corrected chi connectivity index (χ0v) is 11.5. The summed E-state index contributed by atoms with van der Waals surface area (Å²) in [6, 6.07) is 5.52. The largest absolute Gasteiger partial charge is 0.497 e. The summed E-state index contributed by atoms with van der Waals surface area (Å²) in [5.41, 5.74) is 0.954. The molecule has 1 aromatic rings. The molecule has 0 bridgehead atoms. The van der Waals surface area contributed by atoms with Crippen molar-refractivity contribution < 1.29 is 23.8 Å². The van der Waals surface area contributed by atoms with Gasteiger partial charge in [0.2, 0.25) is 5.91 Å². The highest BCUT2D eigenvalue weighted by Gasteiger charge is 2.26. The van der Waals surface area contributed by atoms with Crippen LogP contribution in [0, 0.1) is 5.92 Å². The molecule has 0 aliphatic carbocycles. The van der Waals surface area contributed by atoms with E-state index in [4.69, 9.17) is 9.47 Å². The van der Waals surface area contributed by atoms with Crippen molar-refractivity contribution in [3.63, 3.8) is 0 Å². The van der Waals surface area contributed by atoms with Crippen LogP contribution in [0.3, 0.4) is 0 Å². The van der Waals surface area contributed by atoms with Gasteiger partial charge in [0, 0.05) is 6.07 Å². The molecule has 1 aliphatic heterocycles. The zero-order chi connectivity index (χ0) is 14.5. The van der Waals surface area contributed by atoms with E-state index >= 15 is 0 Å². The fourth-order valence-corrected chi connectivity index (χ4v) is 2.02. The molecule has 0 radical (unpaired) electrons.